The van der Waals surface area contributed by atoms with Gasteiger partial charge >= 0.3 is 6.09 Å². The summed E-state index contributed by atoms with van der Waals surface area (Å²) in [4.78, 5) is 32.6. The second kappa shape index (κ2) is 7.72. The van der Waals surface area contributed by atoms with Crippen molar-refractivity contribution in [3.05, 3.63) is 28.5 Å². The van der Waals surface area contributed by atoms with Crippen LogP contribution < -0.4 is 0 Å². The lowest BCUT2D eigenvalue weighted by atomic mass is 9.95. The number of likely N-dealkylation sites (tertiary alicyclic amines) is 1. The third-order valence-electron chi connectivity index (χ3n) is 5.34. The zero-order chi connectivity index (χ0) is 18.0. The van der Waals surface area contributed by atoms with Crippen LogP contribution in [0.5, 0.6) is 0 Å². The zero-order valence-corrected chi connectivity index (χ0v) is 16.2. The highest BCUT2D eigenvalue weighted by molar-refractivity contribution is 9.10. The maximum atomic E-state index is 12.6. The summed E-state index contributed by atoms with van der Waals surface area (Å²) in [5.74, 6) is 0.411. The number of ether oxygens (including phenoxy) is 1. The molecule has 2 aliphatic heterocycles. The van der Waals surface area contributed by atoms with Crippen LogP contribution in [0.2, 0.25) is 0 Å². The third-order valence-corrected chi connectivity index (χ3v) is 5.78. The molecule has 0 N–H and O–H groups in total. The van der Waals surface area contributed by atoms with Crippen molar-refractivity contribution in [2.75, 3.05) is 19.7 Å². The van der Waals surface area contributed by atoms with Crippen LogP contribution in [0.25, 0.3) is 0 Å². The molecule has 25 heavy (non-hydrogen) atoms. The van der Waals surface area contributed by atoms with Crippen molar-refractivity contribution in [2.24, 2.45) is 5.92 Å². The van der Waals surface area contributed by atoms with E-state index >= 15 is 0 Å². The van der Waals surface area contributed by atoms with Crippen LogP contribution in [0.15, 0.2) is 22.9 Å². The van der Waals surface area contributed by atoms with Crippen LogP contribution in [0.4, 0.5) is 4.79 Å². The van der Waals surface area contributed by atoms with Gasteiger partial charge in [-0.1, -0.05) is 20.3 Å². The van der Waals surface area contributed by atoms with Crippen LogP contribution in [-0.2, 0) is 4.74 Å². The molecule has 1 aromatic rings. The topological polar surface area (TPSA) is 62.7 Å². The van der Waals surface area contributed by atoms with E-state index in [9.17, 15) is 9.59 Å². The summed E-state index contributed by atoms with van der Waals surface area (Å²) in [6.45, 7) is 6.08. The van der Waals surface area contributed by atoms with Crippen molar-refractivity contribution in [1.29, 1.82) is 0 Å². The van der Waals surface area contributed by atoms with Gasteiger partial charge in [-0.2, -0.15) is 0 Å². The summed E-state index contributed by atoms with van der Waals surface area (Å²) < 4.78 is 6.10. The fourth-order valence-corrected chi connectivity index (χ4v) is 4.00. The molecule has 3 heterocycles. The molecule has 3 rings (SSSR count). The van der Waals surface area contributed by atoms with Crippen molar-refractivity contribution in [2.45, 2.75) is 45.2 Å². The number of halogens is 1. The Morgan fingerprint density at radius 2 is 2.12 bits per heavy atom. The molecule has 6 nitrogen and oxygen atoms in total. The predicted octanol–water partition coefficient (Wildman–Crippen LogP) is 3.32. The Morgan fingerprint density at radius 1 is 1.40 bits per heavy atom. The third kappa shape index (κ3) is 3.81. The van der Waals surface area contributed by atoms with Crippen LogP contribution in [0, 0.1) is 5.92 Å². The molecular weight excluding hydrogens is 386 g/mol. The summed E-state index contributed by atoms with van der Waals surface area (Å²) in [7, 11) is 0. The number of aromatic nitrogens is 1. The zero-order valence-electron chi connectivity index (χ0n) is 14.7. The molecule has 136 valence electrons. The van der Waals surface area contributed by atoms with Gasteiger partial charge in [-0.3, -0.25) is 14.7 Å². The van der Waals surface area contributed by atoms with E-state index in [1.54, 1.807) is 18.5 Å². The highest BCUT2D eigenvalue weighted by Crippen LogP contribution is 2.29. The van der Waals surface area contributed by atoms with Gasteiger partial charge in [-0.25, -0.2) is 4.79 Å². The summed E-state index contributed by atoms with van der Waals surface area (Å²) in [6, 6.07) is 2.09. The van der Waals surface area contributed by atoms with Gasteiger partial charge in [0.15, 0.2) is 0 Å². The fourth-order valence-electron chi connectivity index (χ4n) is 3.64. The maximum Gasteiger partial charge on any atom is 0.410 e. The molecule has 0 bridgehead atoms. The molecule has 2 amide bonds. The monoisotopic (exact) mass is 409 g/mol. The molecule has 0 radical (unpaired) electrons. The lowest BCUT2D eigenvalue weighted by Gasteiger charge is -2.39. The number of hydrogen-bond acceptors (Lipinski definition) is 4. The minimum atomic E-state index is -0.203. The number of piperidine rings is 1. The van der Waals surface area contributed by atoms with Crippen LogP contribution in [0.1, 0.15) is 43.5 Å². The minimum absolute atomic E-state index is 0.00488. The summed E-state index contributed by atoms with van der Waals surface area (Å²) in [5, 5.41) is 0. The van der Waals surface area contributed by atoms with Gasteiger partial charge in [0.25, 0.3) is 5.91 Å². The number of rotatable bonds is 4. The predicted molar refractivity (Wildman–Crippen MR) is 97.3 cm³/mol. The molecular formula is C18H24BrN3O3. The number of hydrogen-bond donors (Lipinski definition) is 0. The molecule has 0 spiro atoms. The van der Waals surface area contributed by atoms with Gasteiger partial charge in [0.1, 0.15) is 6.61 Å². The Morgan fingerprint density at radius 3 is 2.76 bits per heavy atom. The number of cyclic esters (lactones) is 1. The van der Waals surface area contributed by atoms with E-state index in [1.165, 1.54) is 0 Å². The Kier molecular flexibility index (Phi) is 5.61. The lowest BCUT2D eigenvalue weighted by Crippen LogP contribution is -2.51. The molecule has 0 aromatic carbocycles. The van der Waals surface area contributed by atoms with Crippen molar-refractivity contribution >= 4 is 27.9 Å². The molecule has 0 saturated carbocycles. The van der Waals surface area contributed by atoms with Gasteiger partial charge in [-0.15, -0.1) is 0 Å². The molecule has 2 atom stereocenters. The molecule has 2 saturated heterocycles. The smallest absolute Gasteiger partial charge is 0.410 e. The van der Waals surface area contributed by atoms with E-state index in [2.05, 4.69) is 34.8 Å². The second-order valence-corrected chi connectivity index (χ2v) is 7.77. The Balaban J connectivity index is 1.63. The Labute approximate surface area is 156 Å². The molecule has 1 aromatic heterocycles. The molecule has 2 fully saturated rings. The molecule has 2 unspecified atom stereocenters. The summed E-state index contributed by atoms with van der Waals surface area (Å²) >= 11 is 3.35. The lowest BCUT2D eigenvalue weighted by molar-refractivity contribution is 0.0614. The van der Waals surface area contributed by atoms with Crippen LogP contribution >= 0.6 is 15.9 Å². The highest BCUT2D eigenvalue weighted by Gasteiger charge is 2.41. The average Bonchev–Trinajstić information content (AvgIpc) is 3.02. The fraction of sp³-hybridized carbons (Fsp3) is 0.611. The molecule has 2 aliphatic rings. The average molecular weight is 410 g/mol. The second-order valence-electron chi connectivity index (χ2n) is 6.85. The van der Waals surface area contributed by atoms with E-state index in [1.807, 2.05) is 9.80 Å². The number of nitrogens with zero attached hydrogens (tertiary/aromatic N) is 3. The number of carbonyl (C=O) groups is 2. The van der Waals surface area contributed by atoms with Gasteiger partial charge in [0, 0.05) is 36.0 Å². The Bertz CT molecular complexity index is 646. The van der Waals surface area contributed by atoms with Crippen molar-refractivity contribution in [1.82, 2.24) is 14.8 Å². The first-order valence-corrected chi connectivity index (χ1v) is 9.65. The first-order chi connectivity index (χ1) is 12.0. The summed E-state index contributed by atoms with van der Waals surface area (Å²) in [5.41, 5.74) is 0.589. The number of pyridine rings is 1. The normalized spacial score (nSPS) is 22.8. The van der Waals surface area contributed by atoms with E-state index in [0.717, 1.165) is 23.7 Å². The van der Waals surface area contributed by atoms with Gasteiger partial charge in [0.05, 0.1) is 11.6 Å². The molecule has 7 heteroatoms. The minimum Gasteiger partial charge on any atom is -0.447 e. The van der Waals surface area contributed by atoms with E-state index in [-0.39, 0.29) is 24.1 Å². The quantitative estimate of drug-likeness (QED) is 0.764. The van der Waals surface area contributed by atoms with Gasteiger partial charge in [-0.05, 0) is 40.8 Å². The largest absolute Gasteiger partial charge is 0.447 e. The van der Waals surface area contributed by atoms with Gasteiger partial charge in [0.2, 0.25) is 0 Å². The van der Waals surface area contributed by atoms with E-state index in [0.29, 0.717) is 31.2 Å². The summed E-state index contributed by atoms with van der Waals surface area (Å²) in [6.07, 6.45) is 5.65. The van der Waals surface area contributed by atoms with Crippen molar-refractivity contribution in [3.8, 4) is 0 Å². The van der Waals surface area contributed by atoms with Crippen molar-refractivity contribution in [3.63, 3.8) is 0 Å². The highest BCUT2D eigenvalue weighted by atomic mass is 79.9. The van der Waals surface area contributed by atoms with Crippen molar-refractivity contribution < 1.29 is 14.3 Å². The van der Waals surface area contributed by atoms with E-state index < -0.39 is 0 Å². The molecule has 0 aliphatic carbocycles. The standard InChI is InChI=1S/C18H24BrN3O3/c1-3-12(2)16-11-25-18(24)22(16)15-4-6-21(7-5-15)17(23)13-8-14(19)10-20-9-13/h8-10,12,15-16H,3-7,11H2,1-2H3. The number of amides is 2. The first kappa shape index (κ1) is 18.2. The number of carbonyl (C=O) groups excluding carboxylic acids is 2. The Hall–Kier alpha value is -1.63. The SMILES string of the molecule is CCC(C)C1COC(=O)N1C1CCN(C(=O)c2cncc(Br)c2)CC1. The van der Waals surface area contributed by atoms with Crippen LogP contribution in [0.3, 0.4) is 0 Å². The first-order valence-electron chi connectivity index (χ1n) is 8.86. The van der Waals surface area contributed by atoms with E-state index in [4.69, 9.17) is 4.74 Å². The maximum absolute atomic E-state index is 12.6. The van der Waals surface area contributed by atoms with Gasteiger partial charge < -0.3 is 9.64 Å². The van der Waals surface area contributed by atoms with Crippen LogP contribution in [-0.4, -0.2) is 58.6 Å².